The molecule has 0 saturated heterocycles. The Morgan fingerprint density at radius 1 is 1.04 bits per heavy atom. The van der Waals surface area contributed by atoms with Crippen molar-refractivity contribution in [1.29, 1.82) is 0 Å². The summed E-state index contributed by atoms with van der Waals surface area (Å²) < 4.78 is 12.4. The molecule has 0 heterocycles. The van der Waals surface area contributed by atoms with Crippen LogP contribution in [-0.2, 0) is 10.2 Å². The number of amides is 1. The summed E-state index contributed by atoms with van der Waals surface area (Å²) in [6.07, 6.45) is 0. The van der Waals surface area contributed by atoms with Crippen molar-refractivity contribution in [2.75, 3.05) is 19.8 Å². The van der Waals surface area contributed by atoms with Crippen molar-refractivity contribution < 1.29 is 14.3 Å². The van der Waals surface area contributed by atoms with E-state index in [9.17, 15) is 4.79 Å². The van der Waals surface area contributed by atoms with E-state index in [1.165, 1.54) is 0 Å². The number of nitrogens with one attached hydrogen (secondary N) is 1. The highest BCUT2D eigenvalue weighted by atomic mass is 127. The zero-order chi connectivity index (χ0) is 18.3. The topological polar surface area (TPSA) is 47.6 Å². The first kappa shape index (κ1) is 19.6. The number of carbonyl (C=O) groups excluding carboxylic acids is 1. The van der Waals surface area contributed by atoms with Crippen molar-refractivity contribution in [2.24, 2.45) is 0 Å². The second kappa shape index (κ2) is 9.08. The second-order valence-corrected chi connectivity index (χ2v) is 7.93. The summed E-state index contributed by atoms with van der Waals surface area (Å²) in [4.78, 5) is 11.8. The van der Waals surface area contributed by atoms with E-state index in [0.29, 0.717) is 18.9 Å². The minimum Gasteiger partial charge on any atom is -0.491 e. The Hall–Kier alpha value is -1.76. The summed E-state index contributed by atoms with van der Waals surface area (Å²) in [5, 5.41) is 2.80. The predicted molar refractivity (Wildman–Crippen MR) is 108 cm³/mol. The molecule has 2 aromatic carbocycles. The van der Waals surface area contributed by atoms with E-state index in [1.807, 2.05) is 42.5 Å². The van der Waals surface area contributed by atoms with Gasteiger partial charge in [0.05, 0.1) is 6.54 Å². The molecule has 0 unspecified atom stereocenters. The Bertz CT molecular complexity index is 693. The molecule has 0 aliphatic rings. The van der Waals surface area contributed by atoms with Gasteiger partial charge in [-0.05, 0) is 63.9 Å². The minimum atomic E-state index is -0.161. The number of hydrogen-bond acceptors (Lipinski definition) is 3. The lowest BCUT2D eigenvalue weighted by Crippen LogP contribution is -2.32. The van der Waals surface area contributed by atoms with Crippen molar-refractivity contribution in [3.63, 3.8) is 0 Å². The van der Waals surface area contributed by atoms with E-state index in [4.69, 9.17) is 9.47 Å². The van der Waals surface area contributed by atoms with Gasteiger partial charge in [-0.25, -0.2) is 0 Å². The van der Waals surface area contributed by atoms with Crippen LogP contribution in [-0.4, -0.2) is 25.7 Å². The van der Waals surface area contributed by atoms with Crippen LogP contribution < -0.4 is 14.8 Å². The summed E-state index contributed by atoms with van der Waals surface area (Å²) in [7, 11) is 0. The lowest BCUT2D eigenvalue weighted by atomic mass is 9.86. The molecular formula is C20H24INO3. The number of hydrogen-bond donors (Lipinski definition) is 1. The molecule has 0 saturated carbocycles. The molecule has 1 N–H and O–H groups in total. The fourth-order valence-corrected chi connectivity index (χ4v) is 2.65. The summed E-state index contributed by atoms with van der Waals surface area (Å²) in [6, 6.07) is 15.6. The van der Waals surface area contributed by atoms with Crippen LogP contribution in [0.5, 0.6) is 11.5 Å². The van der Waals surface area contributed by atoms with Gasteiger partial charge in [-0.2, -0.15) is 0 Å². The van der Waals surface area contributed by atoms with Gasteiger partial charge in [0.1, 0.15) is 18.1 Å². The van der Waals surface area contributed by atoms with Crippen molar-refractivity contribution >= 4 is 28.5 Å². The normalized spacial score (nSPS) is 11.0. The molecule has 134 valence electrons. The van der Waals surface area contributed by atoms with Crippen molar-refractivity contribution in [3.8, 4) is 11.5 Å². The third-order valence-corrected chi connectivity index (χ3v) is 4.28. The third kappa shape index (κ3) is 6.57. The van der Waals surface area contributed by atoms with Crippen LogP contribution >= 0.6 is 22.6 Å². The molecular weight excluding hydrogens is 429 g/mol. The molecule has 2 aromatic rings. The highest BCUT2D eigenvalue weighted by Gasteiger charge is 2.18. The van der Waals surface area contributed by atoms with E-state index in [1.54, 1.807) is 0 Å². The number of carbonyl (C=O) groups is 1. The molecule has 25 heavy (non-hydrogen) atoms. The Morgan fingerprint density at radius 3 is 2.40 bits per heavy atom. The fraction of sp³-hybridized carbons (Fsp3) is 0.350. The number of rotatable bonds is 7. The quantitative estimate of drug-likeness (QED) is 0.506. The molecule has 0 spiro atoms. The van der Waals surface area contributed by atoms with E-state index < -0.39 is 0 Å². The average Bonchev–Trinajstić information content (AvgIpc) is 2.58. The molecule has 0 bridgehead atoms. The van der Waals surface area contributed by atoms with Crippen LogP contribution in [0.15, 0.2) is 48.5 Å². The minimum absolute atomic E-state index is 0.000823. The fourth-order valence-electron chi connectivity index (χ4n) is 2.29. The number of halogens is 1. The molecule has 5 heteroatoms. The van der Waals surface area contributed by atoms with Crippen LogP contribution in [0.1, 0.15) is 26.3 Å². The van der Waals surface area contributed by atoms with E-state index in [2.05, 4.69) is 54.7 Å². The van der Waals surface area contributed by atoms with Crippen molar-refractivity contribution in [2.45, 2.75) is 26.2 Å². The highest BCUT2D eigenvalue weighted by molar-refractivity contribution is 14.1. The van der Waals surface area contributed by atoms with Crippen LogP contribution in [0.3, 0.4) is 0 Å². The Balaban J connectivity index is 1.72. The molecule has 4 nitrogen and oxygen atoms in total. The standard InChI is InChI=1S/C20H24INO3/c1-20(2,3)17-6-4-5-7-18(17)24-13-12-22-19(23)14-25-16-10-8-15(21)9-11-16/h4-11H,12-14H2,1-3H3,(H,22,23). The van der Waals surface area contributed by atoms with Gasteiger partial charge in [-0.15, -0.1) is 0 Å². The number of benzene rings is 2. The van der Waals surface area contributed by atoms with Gasteiger partial charge in [0.2, 0.25) is 0 Å². The Labute approximate surface area is 163 Å². The average molecular weight is 453 g/mol. The molecule has 0 aliphatic heterocycles. The van der Waals surface area contributed by atoms with E-state index >= 15 is 0 Å². The summed E-state index contributed by atoms with van der Waals surface area (Å²) in [5.74, 6) is 1.39. The number of ether oxygens (including phenoxy) is 2. The summed E-state index contributed by atoms with van der Waals surface area (Å²) >= 11 is 2.22. The van der Waals surface area contributed by atoms with Crippen LogP contribution in [0.4, 0.5) is 0 Å². The SMILES string of the molecule is CC(C)(C)c1ccccc1OCCNC(=O)COc1ccc(I)cc1. The summed E-state index contributed by atoms with van der Waals surface area (Å²) in [5.41, 5.74) is 1.17. The highest BCUT2D eigenvalue weighted by Crippen LogP contribution is 2.30. The van der Waals surface area contributed by atoms with Gasteiger partial charge in [0, 0.05) is 3.57 Å². The van der Waals surface area contributed by atoms with Gasteiger partial charge in [-0.1, -0.05) is 39.0 Å². The van der Waals surface area contributed by atoms with Crippen LogP contribution in [0.2, 0.25) is 0 Å². The maximum atomic E-state index is 11.8. The van der Waals surface area contributed by atoms with Gasteiger partial charge >= 0.3 is 0 Å². The molecule has 0 fully saturated rings. The maximum Gasteiger partial charge on any atom is 0.258 e. The smallest absolute Gasteiger partial charge is 0.258 e. The van der Waals surface area contributed by atoms with Gasteiger partial charge in [0.15, 0.2) is 6.61 Å². The Morgan fingerprint density at radius 2 is 1.72 bits per heavy atom. The third-order valence-electron chi connectivity index (χ3n) is 3.56. The van der Waals surface area contributed by atoms with Gasteiger partial charge in [0.25, 0.3) is 5.91 Å². The first-order chi connectivity index (χ1) is 11.9. The predicted octanol–water partition coefficient (Wildman–Crippen LogP) is 4.16. The summed E-state index contributed by atoms with van der Waals surface area (Å²) in [6.45, 7) is 7.31. The first-order valence-corrected chi connectivity index (χ1v) is 9.31. The van der Waals surface area contributed by atoms with Crippen LogP contribution in [0.25, 0.3) is 0 Å². The molecule has 0 atom stereocenters. The first-order valence-electron chi connectivity index (χ1n) is 8.23. The second-order valence-electron chi connectivity index (χ2n) is 6.69. The maximum absolute atomic E-state index is 11.8. The van der Waals surface area contributed by atoms with Crippen molar-refractivity contribution in [1.82, 2.24) is 5.32 Å². The van der Waals surface area contributed by atoms with Gasteiger partial charge in [-0.3, -0.25) is 4.79 Å². The lowest BCUT2D eigenvalue weighted by molar-refractivity contribution is -0.123. The Kier molecular flexibility index (Phi) is 7.11. The monoisotopic (exact) mass is 453 g/mol. The number of para-hydroxylation sites is 1. The zero-order valence-corrected chi connectivity index (χ0v) is 17.0. The molecule has 0 aliphatic carbocycles. The van der Waals surface area contributed by atoms with Gasteiger partial charge < -0.3 is 14.8 Å². The van der Waals surface area contributed by atoms with E-state index in [-0.39, 0.29) is 17.9 Å². The molecule has 2 rings (SSSR count). The lowest BCUT2D eigenvalue weighted by Gasteiger charge is -2.22. The van der Waals surface area contributed by atoms with E-state index in [0.717, 1.165) is 14.9 Å². The molecule has 0 radical (unpaired) electrons. The largest absolute Gasteiger partial charge is 0.491 e. The molecule has 1 amide bonds. The van der Waals surface area contributed by atoms with Crippen LogP contribution in [0, 0.1) is 3.57 Å². The molecule has 0 aromatic heterocycles. The zero-order valence-electron chi connectivity index (χ0n) is 14.8. The van der Waals surface area contributed by atoms with Crippen molar-refractivity contribution in [3.05, 3.63) is 57.7 Å².